The molecule has 1 heterocycles. The molecule has 0 radical (unpaired) electrons. The Kier molecular flexibility index (Phi) is 3.07. The summed E-state index contributed by atoms with van der Waals surface area (Å²) in [5.41, 5.74) is 5.73. The maximum Gasteiger partial charge on any atom is 0.417 e. The Hall–Kier alpha value is -1.91. The highest BCUT2D eigenvalue weighted by molar-refractivity contribution is 5.68. The summed E-state index contributed by atoms with van der Waals surface area (Å²) in [6, 6.07) is 8.75. The van der Waals surface area contributed by atoms with Gasteiger partial charge in [-0.15, -0.1) is 0 Å². The van der Waals surface area contributed by atoms with Crippen LogP contribution in [0.15, 0.2) is 36.4 Å². The number of nitrogens with zero attached hydrogens (tertiary/aromatic N) is 1. The second-order valence-corrected chi connectivity index (χ2v) is 3.93. The van der Waals surface area contributed by atoms with Crippen molar-refractivity contribution in [1.82, 2.24) is 4.57 Å². The van der Waals surface area contributed by atoms with Crippen molar-refractivity contribution in [2.75, 3.05) is 5.73 Å². The molecule has 0 bridgehead atoms. The van der Waals surface area contributed by atoms with Gasteiger partial charge in [-0.05, 0) is 25.1 Å². The molecule has 0 spiro atoms. The monoisotopic (exact) mass is 254 g/mol. The molecule has 2 nitrogen and oxygen atoms in total. The van der Waals surface area contributed by atoms with Crippen molar-refractivity contribution in [3.8, 4) is 11.3 Å². The van der Waals surface area contributed by atoms with E-state index in [4.69, 9.17) is 5.73 Å². The smallest absolute Gasteiger partial charge is 0.385 e. The number of anilines is 1. The Balaban J connectivity index is 2.64. The largest absolute Gasteiger partial charge is 0.417 e. The normalized spacial score (nSPS) is 11.8. The molecule has 18 heavy (non-hydrogen) atoms. The zero-order valence-electron chi connectivity index (χ0n) is 9.83. The van der Waals surface area contributed by atoms with Gasteiger partial charge in [0.25, 0.3) is 0 Å². The number of alkyl halides is 3. The fourth-order valence-corrected chi connectivity index (χ4v) is 2.03. The summed E-state index contributed by atoms with van der Waals surface area (Å²) in [6.45, 7) is 2.37. The number of benzene rings is 1. The average Bonchev–Trinajstić information content (AvgIpc) is 2.69. The third-order valence-corrected chi connectivity index (χ3v) is 2.84. The Labute approximate surface area is 103 Å². The fraction of sp³-hybridized carbons (Fsp3) is 0.231. The van der Waals surface area contributed by atoms with E-state index in [2.05, 4.69) is 0 Å². The van der Waals surface area contributed by atoms with Crippen LogP contribution in [0.1, 0.15) is 12.5 Å². The quantitative estimate of drug-likeness (QED) is 0.868. The molecule has 2 rings (SSSR count). The van der Waals surface area contributed by atoms with E-state index in [1.165, 1.54) is 12.1 Å². The van der Waals surface area contributed by atoms with Gasteiger partial charge in [-0.1, -0.05) is 18.2 Å². The van der Waals surface area contributed by atoms with Crippen molar-refractivity contribution >= 4 is 5.82 Å². The van der Waals surface area contributed by atoms with Crippen LogP contribution in [0, 0.1) is 0 Å². The average molecular weight is 254 g/mol. The number of hydrogen-bond donors (Lipinski definition) is 1. The van der Waals surface area contributed by atoms with Gasteiger partial charge in [0, 0.05) is 12.1 Å². The summed E-state index contributed by atoms with van der Waals surface area (Å²) in [4.78, 5) is 0. The molecule has 2 aromatic rings. The molecule has 0 unspecified atom stereocenters. The Bertz CT molecular complexity index is 556. The van der Waals surface area contributed by atoms with Gasteiger partial charge in [0.15, 0.2) is 0 Å². The number of nitrogen functional groups attached to an aromatic ring is 1. The van der Waals surface area contributed by atoms with Crippen molar-refractivity contribution in [2.45, 2.75) is 19.6 Å². The summed E-state index contributed by atoms with van der Waals surface area (Å²) in [5, 5.41) is 0. The first-order valence-electron chi connectivity index (χ1n) is 5.56. The first-order valence-corrected chi connectivity index (χ1v) is 5.56. The summed E-state index contributed by atoms with van der Waals surface area (Å²) in [7, 11) is 0. The lowest BCUT2D eigenvalue weighted by atomic mass is 10.0. The van der Waals surface area contributed by atoms with Crippen LogP contribution in [-0.2, 0) is 12.7 Å². The Morgan fingerprint density at radius 3 is 2.39 bits per heavy atom. The highest BCUT2D eigenvalue weighted by Crippen LogP contribution is 2.37. The lowest BCUT2D eigenvalue weighted by molar-refractivity contribution is -0.137. The van der Waals surface area contributed by atoms with E-state index < -0.39 is 11.7 Å². The van der Waals surface area contributed by atoms with Crippen molar-refractivity contribution in [3.63, 3.8) is 0 Å². The maximum absolute atomic E-state index is 12.9. The minimum Gasteiger partial charge on any atom is -0.385 e. The van der Waals surface area contributed by atoms with Crippen molar-refractivity contribution in [2.24, 2.45) is 0 Å². The predicted octanol–water partition coefficient (Wildman–Crippen LogP) is 3.78. The van der Waals surface area contributed by atoms with E-state index in [-0.39, 0.29) is 5.56 Å². The van der Waals surface area contributed by atoms with Crippen LogP contribution in [0.2, 0.25) is 0 Å². The number of hydrogen-bond acceptors (Lipinski definition) is 1. The maximum atomic E-state index is 12.9. The Morgan fingerprint density at radius 2 is 1.78 bits per heavy atom. The molecule has 1 aromatic carbocycles. The molecule has 0 aliphatic heterocycles. The summed E-state index contributed by atoms with van der Waals surface area (Å²) < 4.78 is 40.5. The minimum atomic E-state index is -4.37. The van der Waals surface area contributed by atoms with Gasteiger partial charge >= 0.3 is 6.18 Å². The molecule has 0 amide bonds. The number of nitrogens with two attached hydrogens (primary N) is 1. The number of halogens is 3. The van der Waals surface area contributed by atoms with Crippen molar-refractivity contribution < 1.29 is 13.2 Å². The molecule has 0 fully saturated rings. The van der Waals surface area contributed by atoms with E-state index >= 15 is 0 Å². The lowest BCUT2D eigenvalue weighted by Gasteiger charge is -2.14. The molecule has 0 saturated heterocycles. The van der Waals surface area contributed by atoms with Crippen LogP contribution in [-0.4, -0.2) is 4.57 Å². The van der Waals surface area contributed by atoms with E-state index in [0.717, 1.165) is 6.07 Å². The standard InChI is InChI=1S/C13H13F3N2/c1-2-18-11(7-8-12(18)17)9-5-3-4-6-10(9)13(14,15)16/h3-8H,2,17H2,1H3. The van der Waals surface area contributed by atoms with E-state index in [0.29, 0.717) is 18.1 Å². The highest BCUT2D eigenvalue weighted by atomic mass is 19.4. The van der Waals surface area contributed by atoms with Crippen LogP contribution < -0.4 is 5.73 Å². The molecule has 1 aromatic heterocycles. The molecular formula is C13H13F3N2. The molecule has 5 heteroatoms. The summed E-state index contributed by atoms with van der Waals surface area (Å²) >= 11 is 0. The van der Waals surface area contributed by atoms with Crippen LogP contribution in [0.3, 0.4) is 0 Å². The molecule has 2 N–H and O–H groups in total. The third-order valence-electron chi connectivity index (χ3n) is 2.84. The zero-order chi connectivity index (χ0) is 13.3. The second kappa shape index (κ2) is 4.40. The van der Waals surface area contributed by atoms with Crippen LogP contribution in [0.5, 0.6) is 0 Å². The molecule has 0 aliphatic rings. The summed E-state index contributed by atoms with van der Waals surface area (Å²) in [5.74, 6) is 0.462. The van der Waals surface area contributed by atoms with Gasteiger partial charge in [-0.3, -0.25) is 0 Å². The van der Waals surface area contributed by atoms with Crippen molar-refractivity contribution in [3.05, 3.63) is 42.0 Å². The van der Waals surface area contributed by atoms with Crippen LogP contribution in [0.4, 0.5) is 19.0 Å². The van der Waals surface area contributed by atoms with Gasteiger partial charge in [0.05, 0.1) is 11.3 Å². The summed E-state index contributed by atoms with van der Waals surface area (Å²) in [6.07, 6.45) is -4.37. The molecule has 0 aliphatic carbocycles. The van der Waals surface area contributed by atoms with Crippen LogP contribution >= 0.6 is 0 Å². The third kappa shape index (κ3) is 2.08. The van der Waals surface area contributed by atoms with Gasteiger partial charge in [0.2, 0.25) is 0 Å². The van der Waals surface area contributed by atoms with Crippen LogP contribution in [0.25, 0.3) is 11.3 Å². The fourth-order valence-electron chi connectivity index (χ4n) is 2.03. The van der Waals surface area contributed by atoms with E-state index in [9.17, 15) is 13.2 Å². The topological polar surface area (TPSA) is 30.9 Å². The number of rotatable bonds is 2. The first-order chi connectivity index (χ1) is 8.45. The molecule has 0 atom stereocenters. The predicted molar refractivity (Wildman–Crippen MR) is 65.0 cm³/mol. The van der Waals surface area contributed by atoms with Crippen molar-refractivity contribution in [1.29, 1.82) is 0 Å². The van der Waals surface area contributed by atoms with E-state index in [1.807, 2.05) is 6.92 Å². The number of aromatic nitrogens is 1. The zero-order valence-corrected chi connectivity index (χ0v) is 9.83. The lowest BCUT2D eigenvalue weighted by Crippen LogP contribution is -2.09. The van der Waals surface area contributed by atoms with Gasteiger partial charge < -0.3 is 10.3 Å². The van der Waals surface area contributed by atoms with Gasteiger partial charge in [0.1, 0.15) is 5.82 Å². The molecule has 96 valence electrons. The van der Waals surface area contributed by atoms with Gasteiger partial charge in [-0.25, -0.2) is 0 Å². The van der Waals surface area contributed by atoms with Gasteiger partial charge in [-0.2, -0.15) is 13.2 Å². The Morgan fingerprint density at radius 1 is 1.11 bits per heavy atom. The second-order valence-electron chi connectivity index (χ2n) is 3.93. The highest BCUT2D eigenvalue weighted by Gasteiger charge is 2.33. The van der Waals surface area contributed by atoms with E-state index in [1.54, 1.807) is 22.8 Å². The first kappa shape index (κ1) is 12.5. The minimum absolute atomic E-state index is 0.156. The SMILES string of the molecule is CCn1c(N)ccc1-c1ccccc1C(F)(F)F. The molecular weight excluding hydrogens is 241 g/mol. The molecule has 0 saturated carbocycles.